The van der Waals surface area contributed by atoms with Crippen LogP contribution in [0.1, 0.15) is 52.4 Å². The Labute approximate surface area is 105 Å². The average molecular weight is 237 g/mol. The molecule has 0 unspecified atom stereocenters. The van der Waals surface area contributed by atoms with Crippen molar-refractivity contribution in [3.05, 3.63) is 0 Å². The largest absolute Gasteiger partial charge is 0.357 e. The van der Waals surface area contributed by atoms with Crippen molar-refractivity contribution in [1.29, 1.82) is 0 Å². The Morgan fingerprint density at radius 2 is 2.00 bits per heavy atom. The normalized spacial score (nSPS) is 22.4. The van der Waals surface area contributed by atoms with E-state index < -0.39 is 0 Å². The van der Waals surface area contributed by atoms with Crippen molar-refractivity contribution >= 4 is 5.96 Å². The summed E-state index contributed by atoms with van der Waals surface area (Å²) in [6.07, 6.45) is 8.19. The van der Waals surface area contributed by atoms with E-state index in [1.165, 1.54) is 38.5 Å². The highest BCUT2D eigenvalue weighted by Crippen LogP contribution is 2.61. The van der Waals surface area contributed by atoms with Crippen LogP contribution in [0.2, 0.25) is 0 Å². The Hall–Kier alpha value is -0.730. The van der Waals surface area contributed by atoms with Gasteiger partial charge in [0, 0.05) is 19.6 Å². The molecule has 0 spiro atoms. The van der Waals surface area contributed by atoms with Crippen molar-refractivity contribution in [2.75, 3.05) is 19.6 Å². The van der Waals surface area contributed by atoms with E-state index in [4.69, 9.17) is 4.99 Å². The highest BCUT2D eigenvalue weighted by molar-refractivity contribution is 5.79. The Morgan fingerprint density at radius 3 is 2.53 bits per heavy atom. The third-order valence-corrected chi connectivity index (χ3v) is 4.05. The smallest absolute Gasteiger partial charge is 0.191 e. The van der Waals surface area contributed by atoms with Crippen LogP contribution in [0.3, 0.4) is 0 Å². The van der Waals surface area contributed by atoms with Gasteiger partial charge in [0.25, 0.3) is 0 Å². The van der Waals surface area contributed by atoms with Gasteiger partial charge in [-0.15, -0.1) is 0 Å². The fraction of sp³-hybridized carbons (Fsp3) is 0.929. The minimum Gasteiger partial charge on any atom is -0.357 e. The van der Waals surface area contributed by atoms with Crippen LogP contribution in [-0.4, -0.2) is 25.6 Å². The van der Waals surface area contributed by atoms with Gasteiger partial charge in [-0.3, -0.25) is 4.99 Å². The van der Waals surface area contributed by atoms with Crippen LogP contribution >= 0.6 is 0 Å². The second kappa shape index (κ2) is 5.74. The number of nitrogens with one attached hydrogen (secondary N) is 2. The standard InChI is InChI=1S/C14H27N3/c1-3-5-10-16-13(15-4-2)17-11-14(8-9-14)12-6-7-12/h12H,3-11H2,1-2H3,(H2,15,16,17). The maximum Gasteiger partial charge on any atom is 0.191 e. The maximum atomic E-state index is 4.78. The predicted molar refractivity (Wildman–Crippen MR) is 73.3 cm³/mol. The van der Waals surface area contributed by atoms with Crippen molar-refractivity contribution in [3.8, 4) is 0 Å². The lowest BCUT2D eigenvalue weighted by Gasteiger charge is -2.14. The van der Waals surface area contributed by atoms with Crippen LogP contribution in [0, 0.1) is 11.3 Å². The van der Waals surface area contributed by atoms with Crippen LogP contribution in [0.25, 0.3) is 0 Å². The highest BCUT2D eigenvalue weighted by Gasteiger charge is 2.53. The van der Waals surface area contributed by atoms with Gasteiger partial charge in [0.1, 0.15) is 0 Å². The van der Waals surface area contributed by atoms with E-state index in [1.807, 2.05) is 0 Å². The summed E-state index contributed by atoms with van der Waals surface area (Å²) < 4.78 is 0. The molecule has 0 amide bonds. The van der Waals surface area contributed by atoms with E-state index in [9.17, 15) is 0 Å². The fourth-order valence-electron chi connectivity index (χ4n) is 2.51. The third-order valence-electron chi connectivity index (χ3n) is 4.05. The molecular weight excluding hydrogens is 210 g/mol. The molecule has 2 aliphatic rings. The first-order chi connectivity index (χ1) is 8.30. The van der Waals surface area contributed by atoms with Crippen LogP contribution in [0.15, 0.2) is 4.99 Å². The van der Waals surface area contributed by atoms with E-state index in [0.29, 0.717) is 5.41 Å². The first-order valence-corrected chi connectivity index (χ1v) is 7.33. The number of hydrogen-bond donors (Lipinski definition) is 2. The number of aliphatic imine (C=N–C) groups is 1. The molecule has 98 valence electrons. The Kier molecular flexibility index (Phi) is 4.30. The zero-order valence-electron chi connectivity index (χ0n) is 11.4. The Morgan fingerprint density at radius 1 is 1.24 bits per heavy atom. The molecule has 2 saturated carbocycles. The third kappa shape index (κ3) is 3.62. The highest BCUT2D eigenvalue weighted by atomic mass is 15.2. The van der Waals surface area contributed by atoms with Crippen molar-refractivity contribution in [2.24, 2.45) is 16.3 Å². The minimum absolute atomic E-state index is 0.618. The molecule has 17 heavy (non-hydrogen) atoms. The lowest BCUT2D eigenvalue weighted by molar-refractivity contribution is 0.452. The monoisotopic (exact) mass is 237 g/mol. The molecule has 0 aromatic carbocycles. The Bertz CT molecular complexity index is 265. The number of rotatable bonds is 7. The average Bonchev–Trinajstić information content (AvgIpc) is 3.16. The van der Waals surface area contributed by atoms with E-state index in [-0.39, 0.29) is 0 Å². The summed E-state index contributed by atoms with van der Waals surface area (Å²) in [6, 6.07) is 0. The van der Waals surface area contributed by atoms with E-state index in [1.54, 1.807) is 0 Å². The van der Waals surface area contributed by atoms with Crippen molar-refractivity contribution in [1.82, 2.24) is 10.6 Å². The Balaban J connectivity index is 1.77. The van der Waals surface area contributed by atoms with Gasteiger partial charge in [-0.1, -0.05) is 13.3 Å². The van der Waals surface area contributed by atoms with Gasteiger partial charge in [-0.25, -0.2) is 0 Å². The van der Waals surface area contributed by atoms with Crippen LogP contribution in [0.4, 0.5) is 0 Å². The predicted octanol–water partition coefficient (Wildman–Crippen LogP) is 2.53. The molecular formula is C14H27N3. The molecule has 2 rings (SSSR count). The van der Waals surface area contributed by atoms with Gasteiger partial charge < -0.3 is 10.6 Å². The topological polar surface area (TPSA) is 36.4 Å². The van der Waals surface area contributed by atoms with Crippen LogP contribution < -0.4 is 10.6 Å². The zero-order valence-corrected chi connectivity index (χ0v) is 11.4. The second-order valence-electron chi connectivity index (χ2n) is 5.61. The summed E-state index contributed by atoms with van der Waals surface area (Å²) in [7, 11) is 0. The summed E-state index contributed by atoms with van der Waals surface area (Å²) in [4.78, 5) is 4.78. The van der Waals surface area contributed by atoms with Crippen molar-refractivity contribution in [3.63, 3.8) is 0 Å². The first kappa shape index (κ1) is 12.7. The molecule has 0 aromatic rings. The van der Waals surface area contributed by atoms with Gasteiger partial charge in [-0.05, 0) is 50.4 Å². The maximum absolute atomic E-state index is 4.78. The molecule has 2 fully saturated rings. The minimum atomic E-state index is 0.618. The van der Waals surface area contributed by atoms with Crippen molar-refractivity contribution < 1.29 is 0 Å². The first-order valence-electron chi connectivity index (χ1n) is 7.33. The quantitative estimate of drug-likeness (QED) is 0.405. The zero-order chi connectivity index (χ0) is 12.1. The molecule has 0 aliphatic heterocycles. The second-order valence-corrected chi connectivity index (χ2v) is 5.61. The number of hydrogen-bond acceptors (Lipinski definition) is 1. The molecule has 3 nitrogen and oxygen atoms in total. The number of nitrogens with zero attached hydrogens (tertiary/aromatic N) is 1. The molecule has 0 heterocycles. The van der Waals surface area contributed by atoms with Crippen LogP contribution in [-0.2, 0) is 0 Å². The van der Waals surface area contributed by atoms with Gasteiger partial charge in [0.2, 0.25) is 0 Å². The van der Waals surface area contributed by atoms with Gasteiger partial charge in [-0.2, -0.15) is 0 Å². The molecule has 0 atom stereocenters. The van der Waals surface area contributed by atoms with Crippen molar-refractivity contribution in [2.45, 2.75) is 52.4 Å². The van der Waals surface area contributed by atoms with Crippen LogP contribution in [0.5, 0.6) is 0 Å². The van der Waals surface area contributed by atoms with Gasteiger partial charge in [0.05, 0.1) is 0 Å². The lowest BCUT2D eigenvalue weighted by Crippen LogP contribution is -2.38. The van der Waals surface area contributed by atoms with Gasteiger partial charge >= 0.3 is 0 Å². The number of unbranched alkanes of at least 4 members (excludes halogenated alkanes) is 1. The summed E-state index contributed by atoms with van der Waals surface area (Å²) in [5.74, 6) is 2.03. The number of guanidine groups is 1. The molecule has 0 saturated heterocycles. The SMILES string of the molecule is CCCCNC(=NCC1(C2CC2)CC1)NCC. The molecule has 0 radical (unpaired) electrons. The summed E-state index contributed by atoms with van der Waals surface area (Å²) in [6.45, 7) is 7.38. The summed E-state index contributed by atoms with van der Waals surface area (Å²) in [5.41, 5.74) is 0.618. The van der Waals surface area contributed by atoms with E-state index in [2.05, 4.69) is 24.5 Å². The summed E-state index contributed by atoms with van der Waals surface area (Å²) in [5, 5.41) is 6.76. The molecule has 0 bridgehead atoms. The molecule has 2 aliphatic carbocycles. The van der Waals surface area contributed by atoms with Gasteiger partial charge in [0.15, 0.2) is 5.96 Å². The molecule has 3 heteroatoms. The lowest BCUT2D eigenvalue weighted by atomic mass is 10.0. The fourth-order valence-corrected chi connectivity index (χ4v) is 2.51. The molecule has 0 aromatic heterocycles. The van der Waals surface area contributed by atoms with E-state index >= 15 is 0 Å². The molecule has 2 N–H and O–H groups in total. The summed E-state index contributed by atoms with van der Waals surface area (Å²) >= 11 is 0. The van der Waals surface area contributed by atoms with E-state index in [0.717, 1.165) is 31.5 Å².